The van der Waals surface area contributed by atoms with Crippen molar-refractivity contribution in [2.24, 2.45) is 5.73 Å². The summed E-state index contributed by atoms with van der Waals surface area (Å²) in [5.74, 6) is 0. The Kier molecular flexibility index (Phi) is 3.76. The number of nitrogens with two attached hydrogens (primary N) is 1. The van der Waals surface area contributed by atoms with Crippen molar-refractivity contribution in [2.45, 2.75) is 51.2 Å². The Morgan fingerprint density at radius 3 is 2.83 bits per heavy atom. The fraction of sp³-hybridized carbons (Fsp3) is 0.800. The molecule has 0 radical (unpaired) electrons. The summed E-state index contributed by atoms with van der Waals surface area (Å²) in [6.07, 6.45) is 7.23. The highest BCUT2D eigenvalue weighted by Gasteiger charge is 2.18. The van der Waals surface area contributed by atoms with E-state index in [9.17, 15) is 5.11 Å². The fourth-order valence-electron chi connectivity index (χ4n) is 1.63. The summed E-state index contributed by atoms with van der Waals surface area (Å²) in [5.41, 5.74) is 6.92. The van der Waals surface area contributed by atoms with Crippen LogP contribution in [0.3, 0.4) is 0 Å². The molecule has 12 heavy (non-hydrogen) atoms. The number of allylic oxidation sites excluding steroid dienone is 1. The highest BCUT2D eigenvalue weighted by molar-refractivity contribution is 5.12. The maximum Gasteiger partial charge on any atom is 0.0900 e. The van der Waals surface area contributed by atoms with Gasteiger partial charge in [0.15, 0.2) is 0 Å². The minimum Gasteiger partial charge on any atom is -0.387 e. The van der Waals surface area contributed by atoms with Gasteiger partial charge >= 0.3 is 0 Å². The summed E-state index contributed by atoms with van der Waals surface area (Å²) >= 11 is 0. The summed E-state index contributed by atoms with van der Waals surface area (Å²) in [6.45, 7) is 2.01. The molecular formula is C10H19NO. The van der Waals surface area contributed by atoms with Crippen LogP contribution < -0.4 is 5.73 Å². The highest BCUT2D eigenvalue weighted by Crippen LogP contribution is 2.21. The first-order valence-electron chi connectivity index (χ1n) is 4.88. The molecule has 2 heteroatoms. The zero-order valence-corrected chi connectivity index (χ0v) is 7.79. The lowest BCUT2D eigenvalue weighted by Gasteiger charge is -2.22. The molecule has 2 nitrogen and oxygen atoms in total. The van der Waals surface area contributed by atoms with E-state index in [0.29, 0.717) is 0 Å². The van der Waals surface area contributed by atoms with Gasteiger partial charge in [-0.15, -0.1) is 0 Å². The molecule has 0 saturated heterocycles. The smallest absolute Gasteiger partial charge is 0.0900 e. The molecule has 0 saturated carbocycles. The zero-order chi connectivity index (χ0) is 8.97. The Balaban J connectivity index is 2.49. The average Bonchev–Trinajstić information content (AvgIpc) is 2.17. The third-order valence-electron chi connectivity index (χ3n) is 2.58. The molecule has 0 spiro atoms. The summed E-state index contributed by atoms with van der Waals surface area (Å²) in [5, 5.41) is 9.75. The molecule has 0 amide bonds. The van der Waals surface area contributed by atoms with Crippen molar-refractivity contribution in [3.05, 3.63) is 11.6 Å². The lowest BCUT2D eigenvalue weighted by molar-refractivity contribution is 0.171. The van der Waals surface area contributed by atoms with Crippen LogP contribution in [0.5, 0.6) is 0 Å². The third-order valence-corrected chi connectivity index (χ3v) is 2.58. The Bertz CT molecular complexity index is 165. The first-order chi connectivity index (χ1) is 5.75. The Morgan fingerprint density at radius 2 is 2.33 bits per heavy atom. The van der Waals surface area contributed by atoms with E-state index >= 15 is 0 Å². The minimum atomic E-state index is -0.393. The van der Waals surface area contributed by atoms with E-state index in [4.69, 9.17) is 5.73 Å². The highest BCUT2D eigenvalue weighted by atomic mass is 16.3. The van der Waals surface area contributed by atoms with E-state index in [1.54, 1.807) is 0 Å². The van der Waals surface area contributed by atoms with Crippen LogP contribution in [-0.2, 0) is 0 Å². The SMILES string of the molecule is CC[C@@H](N)C(O)C1=CCCCC1. The normalized spacial score (nSPS) is 23.1. The predicted octanol–water partition coefficient (Wildman–Crippen LogP) is 1.59. The topological polar surface area (TPSA) is 46.2 Å². The van der Waals surface area contributed by atoms with Gasteiger partial charge < -0.3 is 10.8 Å². The van der Waals surface area contributed by atoms with Crippen molar-refractivity contribution in [1.29, 1.82) is 0 Å². The van der Waals surface area contributed by atoms with Gasteiger partial charge in [0.25, 0.3) is 0 Å². The summed E-state index contributed by atoms with van der Waals surface area (Å²) in [4.78, 5) is 0. The Morgan fingerprint density at radius 1 is 1.58 bits per heavy atom. The van der Waals surface area contributed by atoms with Crippen LogP contribution in [0.15, 0.2) is 11.6 Å². The molecule has 1 unspecified atom stereocenters. The molecular weight excluding hydrogens is 150 g/mol. The monoisotopic (exact) mass is 169 g/mol. The van der Waals surface area contributed by atoms with Gasteiger partial charge in [0.2, 0.25) is 0 Å². The van der Waals surface area contributed by atoms with E-state index in [-0.39, 0.29) is 6.04 Å². The molecule has 0 aromatic carbocycles. The predicted molar refractivity (Wildman–Crippen MR) is 50.8 cm³/mol. The van der Waals surface area contributed by atoms with Gasteiger partial charge in [0.1, 0.15) is 0 Å². The molecule has 0 aliphatic heterocycles. The quantitative estimate of drug-likeness (QED) is 0.630. The lowest BCUT2D eigenvalue weighted by Crippen LogP contribution is -2.35. The molecule has 0 heterocycles. The number of rotatable bonds is 3. The van der Waals surface area contributed by atoms with E-state index in [0.717, 1.165) is 24.8 Å². The van der Waals surface area contributed by atoms with Crippen molar-refractivity contribution >= 4 is 0 Å². The summed E-state index contributed by atoms with van der Waals surface area (Å²) in [7, 11) is 0. The van der Waals surface area contributed by atoms with Gasteiger partial charge in [-0.05, 0) is 37.7 Å². The Hall–Kier alpha value is -0.340. The van der Waals surface area contributed by atoms with Gasteiger partial charge in [0.05, 0.1) is 6.10 Å². The largest absolute Gasteiger partial charge is 0.387 e. The van der Waals surface area contributed by atoms with E-state index < -0.39 is 6.10 Å². The van der Waals surface area contributed by atoms with E-state index in [1.165, 1.54) is 12.8 Å². The van der Waals surface area contributed by atoms with Crippen molar-refractivity contribution in [3.63, 3.8) is 0 Å². The van der Waals surface area contributed by atoms with Gasteiger partial charge in [-0.1, -0.05) is 13.0 Å². The van der Waals surface area contributed by atoms with Crippen molar-refractivity contribution in [2.75, 3.05) is 0 Å². The van der Waals surface area contributed by atoms with Crippen LogP contribution in [0, 0.1) is 0 Å². The minimum absolute atomic E-state index is 0.0747. The van der Waals surface area contributed by atoms with E-state index in [2.05, 4.69) is 6.08 Å². The van der Waals surface area contributed by atoms with Crippen LogP contribution in [0.1, 0.15) is 39.0 Å². The lowest BCUT2D eigenvalue weighted by atomic mass is 9.91. The van der Waals surface area contributed by atoms with Crippen molar-refractivity contribution in [3.8, 4) is 0 Å². The van der Waals surface area contributed by atoms with E-state index in [1.807, 2.05) is 6.92 Å². The number of aliphatic hydroxyl groups is 1. The van der Waals surface area contributed by atoms with Crippen LogP contribution in [0.25, 0.3) is 0 Å². The molecule has 1 aliphatic rings. The molecule has 0 bridgehead atoms. The first kappa shape index (κ1) is 9.75. The number of hydrogen-bond donors (Lipinski definition) is 2. The number of aliphatic hydroxyl groups excluding tert-OH is 1. The second-order valence-corrected chi connectivity index (χ2v) is 3.54. The fourth-order valence-corrected chi connectivity index (χ4v) is 1.63. The summed E-state index contributed by atoms with van der Waals surface area (Å²) in [6, 6.07) is -0.0747. The average molecular weight is 169 g/mol. The third kappa shape index (κ3) is 2.32. The van der Waals surface area contributed by atoms with Gasteiger partial charge in [-0.3, -0.25) is 0 Å². The molecule has 2 atom stereocenters. The molecule has 0 fully saturated rings. The molecule has 1 aliphatic carbocycles. The van der Waals surface area contributed by atoms with Crippen LogP contribution in [-0.4, -0.2) is 17.3 Å². The van der Waals surface area contributed by atoms with Gasteiger partial charge in [0, 0.05) is 6.04 Å². The molecule has 3 N–H and O–H groups in total. The second-order valence-electron chi connectivity index (χ2n) is 3.54. The van der Waals surface area contributed by atoms with Crippen LogP contribution in [0.4, 0.5) is 0 Å². The molecule has 0 aromatic heterocycles. The van der Waals surface area contributed by atoms with Crippen molar-refractivity contribution in [1.82, 2.24) is 0 Å². The molecule has 1 rings (SSSR count). The maximum atomic E-state index is 9.75. The van der Waals surface area contributed by atoms with Crippen LogP contribution >= 0.6 is 0 Å². The maximum absolute atomic E-state index is 9.75. The first-order valence-corrected chi connectivity index (χ1v) is 4.88. The van der Waals surface area contributed by atoms with Crippen LogP contribution in [0.2, 0.25) is 0 Å². The van der Waals surface area contributed by atoms with Crippen molar-refractivity contribution < 1.29 is 5.11 Å². The van der Waals surface area contributed by atoms with Gasteiger partial charge in [-0.2, -0.15) is 0 Å². The standard InChI is InChI=1S/C10H19NO/c1-2-9(11)10(12)8-6-4-3-5-7-8/h6,9-10,12H,2-5,7,11H2,1H3/t9-,10?/m1/s1. The zero-order valence-electron chi connectivity index (χ0n) is 7.79. The second kappa shape index (κ2) is 4.63. The summed E-state index contributed by atoms with van der Waals surface area (Å²) < 4.78 is 0. The number of hydrogen-bond acceptors (Lipinski definition) is 2. The van der Waals surface area contributed by atoms with Gasteiger partial charge in [-0.25, -0.2) is 0 Å². The molecule has 0 aromatic rings. The Labute approximate surface area is 74.5 Å². The molecule has 70 valence electrons.